The van der Waals surface area contributed by atoms with Gasteiger partial charge in [0.1, 0.15) is 6.54 Å². The Morgan fingerprint density at radius 2 is 1.84 bits per heavy atom. The molecule has 288 valence electrons. The van der Waals surface area contributed by atoms with E-state index in [1.165, 1.54) is 74.8 Å². The molecule has 1 aromatic rings. The average Bonchev–Trinajstić information content (AvgIpc) is 3.93. The molecule has 1 saturated heterocycles. The van der Waals surface area contributed by atoms with Crippen LogP contribution >= 0.6 is 0 Å². The molecule has 15 nitrogen and oxygen atoms in total. The van der Waals surface area contributed by atoms with Gasteiger partial charge in [0.25, 0.3) is 0 Å². The van der Waals surface area contributed by atoms with Crippen LogP contribution in [0, 0.1) is 0 Å². The first-order chi connectivity index (χ1) is 24.9. The van der Waals surface area contributed by atoms with Gasteiger partial charge < -0.3 is 35.8 Å². The number of azide groups is 1. The number of rotatable bonds is 17. The lowest BCUT2D eigenvalue weighted by Crippen LogP contribution is -2.36. The van der Waals surface area contributed by atoms with Gasteiger partial charge in [0, 0.05) is 57.0 Å². The fourth-order valence-corrected chi connectivity index (χ4v) is 6.27. The third kappa shape index (κ3) is 20.2. The van der Waals surface area contributed by atoms with Crippen molar-refractivity contribution in [2.45, 2.75) is 127 Å². The van der Waals surface area contributed by atoms with E-state index in [-0.39, 0.29) is 12.5 Å². The number of amides is 3. The number of likely N-dealkylation sites (N-methyl/N-ethyl adjacent to an activating group) is 1. The number of pyridine rings is 1. The maximum Gasteiger partial charge on any atom is 0.223 e. The molecule has 5 rings (SSSR count). The van der Waals surface area contributed by atoms with Gasteiger partial charge in [0.15, 0.2) is 0 Å². The van der Waals surface area contributed by atoms with Crippen LogP contribution in [-0.4, -0.2) is 110 Å². The first kappa shape index (κ1) is 43.7. The maximum absolute atomic E-state index is 11.7. The number of carbonyl (C=O) groups is 3. The van der Waals surface area contributed by atoms with Crippen molar-refractivity contribution in [3.8, 4) is 0 Å². The second-order valence-corrected chi connectivity index (χ2v) is 13.3. The first-order valence-corrected chi connectivity index (χ1v) is 18.9. The zero-order valence-electron chi connectivity index (χ0n) is 30.7. The van der Waals surface area contributed by atoms with E-state index in [4.69, 9.17) is 25.8 Å². The highest BCUT2D eigenvalue weighted by Crippen LogP contribution is 2.41. The Kier molecular flexibility index (Phi) is 24.1. The standard InChI is InChI=1S/C12H14N2O.C10H19NO2.C9H17NO2.C5H13N5O/c15-12-6-5-11(14(12)10-3-4-10)9-2-1-7-13-8-9;12-8-4-7-10(13)11-9-5-2-1-3-6-9;11-8-10-6-7-12-9-4-2-1-3-5-9;1-10(9-8-7)3-5-11-4-2-6/h1-2,7-8,10-11H,3-6H2;9,12H,1-8H2,(H,11,13);8-9H,1-7H2,(H,10,11);2-6H2,1H3. The molecule has 4 fully saturated rings. The lowest BCUT2D eigenvalue weighted by atomic mass is 9.95. The minimum Gasteiger partial charge on any atom is -0.396 e. The predicted octanol–water partition coefficient (Wildman–Crippen LogP) is 4.32. The summed E-state index contributed by atoms with van der Waals surface area (Å²) in [4.78, 5) is 41.7. The predicted molar refractivity (Wildman–Crippen MR) is 196 cm³/mol. The van der Waals surface area contributed by atoms with Crippen molar-refractivity contribution in [1.29, 1.82) is 0 Å². The molecule has 3 amide bonds. The zero-order chi connectivity index (χ0) is 36.9. The van der Waals surface area contributed by atoms with E-state index in [2.05, 4.69) is 36.7 Å². The Morgan fingerprint density at radius 3 is 2.45 bits per heavy atom. The molecule has 0 bridgehead atoms. The van der Waals surface area contributed by atoms with Gasteiger partial charge in [0.2, 0.25) is 18.2 Å². The molecule has 1 aromatic heterocycles. The highest BCUT2D eigenvalue weighted by Gasteiger charge is 2.41. The van der Waals surface area contributed by atoms with Crippen LogP contribution < -0.4 is 16.4 Å². The summed E-state index contributed by atoms with van der Waals surface area (Å²) in [7, 11) is 1.69. The van der Waals surface area contributed by atoms with Crippen molar-refractivity contribution in [1.82, 2.24) is 25.5 Å². The van der Waals surface area contributed by atoms with Gasteiger partial charge >= 0.3 is 0 Å². The summed E-state index contributed by atoms with van der Waals surface area (Å²) in [6.45, 7) is 3.59. The smallest absolute Gasteiger partial charge is 0.223 e. The Morgan fingerprint density at radius 1 is 1.12 bits per heavy atom. The molecule has 0 aromatic carbocycles. The van der Waals surface area contributed by atoms with Crippen LogP contribution in [0.2, 0.25) is 0 Å². The number of nitrogens with zero attached hydrogens (tertiary/aromatic N) is 6. The first-order valence-electron chi connectivity index (χ1n) is 18.9. The average molecular weight is 718 g/mol. The molecule has 3 saturated carbocycles. The van der Waals surface area contributed by atoms with E-state index in [0.29, 0.717) is 95.3 Å². The molecule has 5 N–H and O–H groups in total. The van der Waals surface area contributed by atoms with Crippen molar-refractivity contribution in [2.24, 2.45) is 11.0 Å². The third-order valence-electron chi connectivity index (χ3n) is 9.05. The Balaban J connectivity index is 0.000000238. The second-order valence-electron chi connectivity index (χ2n) is 13.3. The van der Waals surface area contributed by atoms with Crippen LogP contribution in [0.4, 0.5) is 0 Å². The molecule has 0 spiro atoms. The number of carbonyl (C=O) groups excluding carboxylic acids is 3. The fourth-order valence-electron chi connectivity index (χ4n) is 6.27. The second kappa shape index (κ2) is 28.1. The summed E-state index contributed by atoms with van der Waals surface area (Å²) >= 11 is 0. The van der Waals surface area contributed by atoms with E-state index in [1.54, 1.807) is 13.2 Å². The number of ether oxygens (including phenoxy) is 2. The number of nitrogens with two attached hydrogens (primary N) is 1. The number of aliphatic hydroxyl groups excluding tert-OH is 1. The third-order valence-corrected chi connectivity index (χ3v) is 9.05. The molecule has 1 unspecified atom stereocenters. The van der Waals surface area contributed by atoms with Crippen molar-refractivity contribution in [3.63, 3.8) is 0 Å². The van der Waals surface area contributed by atoms with Gasteiger partial charge in [0.05, 0.1) is 39.0 Å². The highest BCUT2D eigenvalue weighted by molar-refractivity contribution is 5.79. The van der Waals surface area contributed by atoms with E-state index >= 15 is 0 Å². The molecule has 4 aliphatic rings. The number of likely N-dealkylation sites (tertiary alicyclic amines) is 1. The van der Waals surface area contributed by atoms with Crippen molar-refractivity contribution in [2.75, 3.05) is 53.1 Å². The molecule has 2 heterocycles. The topological polar surface area (TPSA) is 208 Å². The molecular weight excluding hydrogens is 654 g/mol. The van der Waals surface area contributed by atoms with E-state index < -0.39 is 0 Å². The summed E-state index contributed by atoms with van der Waals surface area (Å²) in [5, 5.41) is 18.9. The largest absolute Gasteiger partial charge is 0.396 e. The summed E-state index contributed by atoms with van der Waals surface area (Å²) in [5.74, 6) is 0.423. The molecule has 3 aliphatic carbocycles. The van der Waals surface area contributed by atoms with Crippen LogP contribution in [0.5, 0.6) is 0 Å². The van der Waals surface area contributed by atoms with Crippen LogP contribution in [-0.2, 0) is 23.9 Å². The van der Waals surface area contributed by atoms with E-state index in [1.807, 2.05) is 12.3 Å². The van der Waals surface area contributed by atoms with Gasteiger partial charge in [-0.15, -0.1) is 5.53 Å². The normalized spacial score (nSPS) is 18.8. The molecule has 0 radical (unpaired) electrons. The van der Waals surface area contributed by atoms with E-state index in [9.17, 15) is 14.4 Å². The van der Waals surface area contributed by atoms with Gasteiger partial charge in [-0.1, -0.05) is 44.6 Å². The Hall–Kier alpha value is -3.49. The monoisotopic (exact) mass is 717 g/mol. The zero-order valence-corrected chi connectivity index (χ0v) is 30.7. The minimum absolute atomic E-state index is 0.0981. The van der Waals surface area contributed by atoms with E-state index in [0.717, 1.165) is 19.3 Å². The molecule has 1 atom stereocenters. The van der Waals surface area contributed by atoms with Gasteiger partial charge in [-0.25, -0.2) is 5.01 Å². The molecule has 1 aliphatic heterocycles. The number of aliphatic hydroxyl groups is 1. The van der Waals surface area contributed by atoms with Crippen LogP contribution in [0.25, 0.3) is 10.4 Å². The number of hydrogen-bond acceptors (Lipinski definition) is 9. The van der Waals surface area contributed by atoms with Crippen LogP contribution in [0.15, 0.2) is 29.7 Å². The van der Waals surface area contributed by atoms with Crippen LogP contribution in [0.1, 0.15) is 114 Å². The molecule has 51 heavy (non-hydrogen) atoms. The van der Waals surface area contributed by atoms with Crippen molar-refractivity contribution in [3.05, 3.63) is 40.5 Å². The maximum atomic E-state index is 11.7. The van der Waals surface area contributed by atoms with Gasteiger partial charge in [-0.2, -0.15) is 4.91 Å². The van der Waals surface area contributed by atoms with Crippen molar-refractivity contribution < 1.29 is 29.0 Å². The van der Waals surface area contributed by atoms with Crippen molar-refractivity contribution >= 4 is 18.2 Å². The quantitative estimate of drug-likeness (QED) is 0.0451. The van der Waals surface area contributed by atoms with Gasteiger partial charge in [-0.3, -0.25) is 19.4 Å². The Labute approximate surface area is 304 Å². The SMILES string of the molecule is CN(CCOCCN)N=[N+]=[N-].O=C(CCCO)NC1CCCCC1.O=C1CCC(c2cccnc2)N1C1CC1.O=CNCCOC1CCCCC1. The Bertz CT molecular complexity index is 1110. The molecule has 15 heteroatoms. The molecular formula is C36H63N9O6. The summed E-state index contributed by atoms with van der Waals surface area (Å²) in [6, 6.07) is 5.23. The number of hydrogen-bond donors (Lipinski definition) is 4. The minimum atomic E-state index is 0.0981. The fraction of sp³-hybridized carbons (Fsp3) is 0.778. The lowest BCUT2D eigenvalue weighted by Gasteiger charge is -2.24. The van der Waals surface area contributed by atoms with Crippen LogP contribution in [0.3, 0.4) is 0 Å². The summed E-state index contributed by atoms with van der Waals surface area (Å²) in [6.07, 6.45) is 22.3. The highest BCUT2D eigenvalue weighted by atomic mass is 16.5. The number of aromatic nitrogens is 1. The number of nitrogens with one attached hydrogen (secondary N) is 2. The lowest BCUT2D eigenvalue weighted by molar-refractivity contribution is -0.129. The van der Waals surface area contributed by atoms with Gasteiger partial charge in [-0.05, 0) is 68.2 Å². The summed E-state index contributed by atoms with van der Waals surface area (Å²) in [5.41, 5.74) is 14.4. The summed E-state index contributed by atoms with van der Waals surface area (Å²) < 4.78 is 10.6.